The minimum absolute atomic E-state index is 0.439. The van der Waals surface area contributed by atoms with Crippen LogP contribution in [0.2, 0.25) is 0 Å². The van der Waals surface area contributed by atoms with Gasteiger partial charge in [0, 0.05) is 6.04 Å². The van der Waals surface area contributed by atoms with E-state index in [0.29, 0.717) is 6.04 Å². The standard InChI is InChI=1S/C18H29NO/c1-4-6-7-8-9-13-18(19-14-5-2)16-11-10-12-17(15-16)20-3/h4,10-12,15,18-19H,1,5-9,13-14H2,2-3H3. The van der Waals surface area contributed by atoms with Gasteiger partial charge in [0.2, 0.25) is 0 Å². The van der Waals surface area contributed by atoms with Gasteiger partial charge in [0.05, 0.1) is 7.11 Å². The van der Waals surface area contributed by atoms with Crippen molar-refractivity contribution in [3.63, 3.8) is 0 Å². The van der Waals surface area contributed by atoms with E-state index < -0.39 is 0 Å². The average Bonchev–Trinajstić information content (AvgIpc) is 2.50. The monoisotopic (exact) mass is 275 g/mol. The normalized spacial score (nSPS) is 12.1. The second kappa shape index (κ2) is 10.5. The maximum absolute atomic E-state index is 5.33. The van der Waals surface area contributed by atoms with Crippen LogP contribution in [-0.2, 0) is 0 Å². The van der Waals surface area contributed by atoms with Crippen LogP contribution >= 0.6 is 0 Å². The molecule has 1 N–H and O–H groups in total. The summed E-state index contributed by atoms with van der Waals surface area (Å²) in [4.78, 5) is 0. The predicted molar refractivity (Wildman–Crippen MR) is 87.3 cm³/mol. The molecule has 0 aliphatic rings. The highest BCUT2D eigenvalue weighted by molar-refractivity contribution is 5.30. The minimum Gasteiger partial charge on any atom is -0.497 e. The van der Waals surface area contributed by atoms with Crippen LogP contribution in [0.25, 0.3) is 0 Å². The summed E-state index contributed by atoms with van der Waals surface area (Å²) in [6.45, 7) is 7.05. The third-order valence-electron chi connectivity index (χ3n) is 3.54. The van der Waals surface area contributed by atoms with Crippen molar-refractivity contribution in [2.24, 2.45) is 0 Å². The predicted octanol–water partition coefficient (Wildman–Crippen LogP) is 4.87. The van der Waals surface area contributed by atoms with Gasteiger partial charge >= 0.3 is 0 Å². The number of methoxy groups -OCH3 is 1. The van der Waals surface area contributed by atoms with Crippen LogP contribution in [0.1, 0.15) is 57.1 Å². The molecule has 0 fully saturated rings. The molecule has 2 heteroatoms. The summed E-state index contributed by atoms with van der Waals surface area (Å²) in [6, 6.07) is 8.86. The molecule has 0 aromatic heterocycles. The van der Waals surface area contributed by atoms with Gasteiger partial charge in [-0.25, -0.2) is 0 Å². The maximum atomic E-state index is 5.33. The maximum Gasteiger partial charge on any atom is 0.119 e. The Bertz CT molecular complexity index is 375. The molecule has 1 rings (SSSR count). The van der Waals surface area contributed by atoms with Crippen LogP contribution < -0.4 is 10.1 Å². The number of benzene rings is 1. The van der Waals surface area contributed by atoms with E-state index >= 15 is 0 Å². The first-order valence-electron chi connectivity index (χ1n) is 7.80. The molecule has 0 amide bonds. The summed E-state index contributed by atoms with van der Waals surface area (Å²) >= 11 is 0. The molecule has 112 valence electrons. The van der Waals surface area contributed by atoms with Crippen molar-refractivity contribution in [3.05, 3.63) is 42.5 Å². The zero-order valence-corrected chi connectivity index (χ0v) is 13.0. The molecule has 0 aliphatic carbocycles. The lowest BCUT2D eigenvalue weighted by molar-refractivity contribution is 0.411. The number of ether oxygens (including phenoxy) is 1. The Balaban J connectivity index is 2.55. The largest absolute Gasteiger partial charge is 0.497 e. The third-order valence-corrected chi connectivity index (χ3v) is 3.54. The van der Waals surface area contributed by atoms with Crippen molar-refractivity contribution in [3.8, 4) is 5.75 Å². The lowest BCUT2D eigenvalue weighted by atomic mass is 9.99. The summed E-state index contributed by atoms with van der Waals surface area (Å²) in [6.07, 6.45) is 9.27. The van der Waals surface area contributed by atoms with Crippen molar-refractivity contribution in [2.75, 3.05) is 13.7 Å². The van der Waals surface area contributed by atoms with Gasteiger partial charge in [-0.15, -0.1) is 6.58 Å². The number of hydrogen-bond donors (Lipinski definition) is 1. The molecule has 1 aromatic rings. The fourth-order valence-electron chi connectivity index (χ4n) is 2.38. The summed E-state index contributed by atoms with van der Waals surface area (Å²) in [5, 5.41) is 3.65. The highest BCUT2D eigenvalue weighted by Gasteiger charge is 2.10. The second-order valence-electron chi connectivity index (χ2n) is 5.21. The van der Waals surface area contributed by atoms with Crippen LogP contribution in [0.4, 0.5) is 0 Å². The molecular formula is C18H29NO. The number of allylic oxidation sites excluding steroid dienone is 1. The van der Waals surface area contributed by atoms with Gasteiger partial charge in [0.15, 0.2) is 0 Å². The minimum atomic E-state index is 0.439. The average molecular weight is 275 g/mol. The van der Waals surface area contributed by atoms with Gasteiger partial charge < -0.3 is 10.1 Å². The first-order chi connectivity index (χ1) is 9.81. The number of unbranched alkanes of at least 4 members (excludes halogenated alkanes) is 3. The Labute approximate surface area is 124 Å². The molecule has 0 spiro atoms. The molecule has 1 aromatic carbocycles. The van der Waals surface area contributed by atoms with E-state index in [-0.39, 0.29) is 0 Å². The topological polar surface area (TPSA) is 21.3 Å². The molecule has 2 nitrogen and oxygen atoms in total. The zero-order chi connectivity index (χ0) is 14.6. The Hall–Kier alpha value is -1.28. The Kier molecular flexibility index (Phi) is 8.81. The molecule has 1 atom stereocenters. The molecule has 0 saturated heterocycles. The van der Waals surface area contributed by atoms with E-state index in [9.17, 15) is 0 Å². The Morgan fingerprint density at radius 1 is 1.30 bits per heavy atom. The van der Waals surface area contributed by atoms with Crippen molar-refractivity contribution in [2.45, 2.75) is 51.5 Å². The van der Waals surface area contributed by atoms with Crippen LogP contribution in [0, 0.1) is 0 Å². The number of hydrogen-bond acceptors (Lipinski definition) is 2. The molecule has 0 bridgehead atoms. The Morgan fingerprint density at radius 2 is 2.15 bits per heavy atom. The number of rotatable bonds is 11. The first kappa shape index (κ1) is 16.8. The van der Waals surface area contributed by atoms with Gasteiger partial charge in [-0.3, -0.25) is 0 Å². The lowest BCUT2D eigenvalue weighted by Crippen LogP contribution is -2.22. The van der Waals surface area contributed by atoms with Crippen molar-refractivity contribution < 1.29 is 4.74 Å². The van der Waals surface area contributed by atoms with Crippen molar-refractivity contribution in [1.82, 2.24) is 5.32 Å². The smallest absolute Gasteiger partial charge is 0.119 e. The fourth-order valence-corrected chi connectivity index (χ4v) is 2.38. The van der Waals surface area contributed by atoms with Crippen LogP contribution in [-0.4, -0.2) is 13.7 Å². The second-order valence-corrected chi connectivity index (χ2v) is 5.21. The summed E-state index contributed by atoms with van der Waals surface area (Å²) in [5.41, 5.74) is 1.33. The molecule has 0 saturated carbocycles. The fraction of sp³-hybridized carbons (Fsp3) is 0.556. The SMILES string of the molecule is C=CCCCCCC(NCCC)c1cccc(OC)c1. The summed E-state index contributed by atoms with van der Waals surface area (Å²) < 4.78 is 5.33. The van der Waals surface area contributed by atoms with E-state index in [1.54, 1.807) is 7.11 Å². The third kappa shape index (κ3) is 6.25. The Morgan fingerprint density at radius 3 is 2.85 bits per heavy atom. The number of nitrogens with one attached hydrogen (secondary N) is 1. The van der Waals surface area contributed by atoms with E-state index in [4.69, 9.17) is 4.74 Å². The van der Waals surface area contributed by atoms with Crippen LogP contribution in [0.3, 0.4) is 0 Å². The first-order valence-corrected chi connectivity index (χ1v) is 7.80. The van der Waals surface area contributed by atoms with E-state index in [1.807, 2.05) is 12.1 Å². The van der Waals surface area contributed by atoms with Crippen molar-refractivity contribution >= 4 is 0 Å². The van der Waals surface area contributed by atoms with Gasteiger partial charge in [0.1, 0.15) is 5.75 Å². The molecule has 0 heterocycles. The summed E-state index contributed by atoms with van der Waals surface area (Å²) in [7, 11) is 1.73. The molecule has 0 aliphatic heterocycles. The molecular weight excluding hydrogens is 246 g/mol. The van der Waals surface area contributed by atoms with Crippen LogP contribution in [0.5, 0.6) is 5.75 Å². The highest BCUT2D eigenvalue weighted by Crippen LogP contribution is 2.23. The van der Waals surface area contributed by atoms with Gasteiger partial charge in [-0.05, 0) is 49.9 Å². The van der Waals surface area contributed by atoms with Crippen molar-refractivity contribution in [1.29, 1.82) is 0 Å². The van der Waals surface area contributed by atoms with Crippen LogP contribution in [0.15, 0.2) is 36.9 Å². The highest BCUT2D eigenvalue weighted by atomic mass is 16.5. The van der Waals surface area contributed by atoms with Gasteiger partial charge in [0.25, 0.3) is 0 Å². The van der Waals surface area contributed by atoms with E-state index in [0.717, 1.165) is 25.1 Å². The zero-order valence-electron chi connectivity index (χ0n) is 13.0. The van der Waals surface area contributed by atoms with Gasteiger partial charge in [-0.1, -0.05) is 38.0 Å². The summed E-state index contributed by atoms with van der Waals surface area (Å²) in [5.74, 6) is 0.942. The quantitative estimate of drug-likeness (QED) is 0.459. The molecule has 0 radical (unpaired) electrons. The van der Waals surface area contributed by atoms with E-state index in [2.05, 4.69) is 37.0 Å². The lowest BCUT2D eigenvalue weighted by Gasteiger charge is -2.19. The van der Waals surface area contributed by atoms with E-state index in [1.165, 1.54) is 31.2 Å². The molecule has 20 heavy (non-hydrogen) atoms. The molecule has 1 unspecified atom stereocenters. The van der Waals surface area contributed by atoms with Gasteiger partial charge in [-0.2, -0.15) is 0 Å².